The second kappa shape index (κ2) is 6.29. The minimum atomic E-state index is -0.391. The molecule has 0 saturated carbocycles. The number of nitrogens with one attached hydrogen (secondary N) is 1. The summed E-state index contributed by atoms with van der Waals surface area (Å²) in [5.74, 6) is -0.391. The number of halogens is 1. The maximum absolute atomic E-state index is 13.6. The van der Waals surface area contributed by atoms with Gasteiger partial charge < -0.3 is 11.1 Å². The summed E-state index contributed by atoms with van der Waals surface area (Å²) in [6.45, 7) is 0.697. The van der Waals surface area contributed by atoms with Crippen LogP contribution in [0, 0.1) is 5.82 Å². The Bertz CT molecular complexity index is 570. The van der Waals surface area contributed by atoms with Crippen molar-refractivity contribution < 1.29 is 4.39 Å². The maximum Gasteiger partial charge on any atom is 0.135 e. The van der Waals surface area contributed by atoms with Crippen LogP contribution >= 0.6 is 12.2 Å². The van der Waals surface area contributed by atoms with Gasteiger partial charge in [0.1, 0.15) is 10.8 Å². The van der Waals surface area contributed by atoms with E-state index >= 15 is 0 Å². The van der Waals surface area contributed by atoms with Gasteiger partial charge in [0.25, 0.3) is 0 Å². The number of anilines is 1. The molecule has 2 aromatic rings. The highest BCUT2D eigenvalue weighted by atomic mass is 32.1. The lowest BCUT2D eigenvalue weighted by Crippen LogP contribution is -2.16. The van der Waals surface area contributed by atoms with Crippen LogP contribution in [0.2, 0.25) is 0 Å². The maximum atomic E-state index is 13.6. The first kappa shape index (κ1) is 13.5. The van der Waals surface area contributed by atoms with E-state index < -0.39 is 5.82 Å². The standard InChI is InChI=1S/C15H15FN2S/c16-12-7-4-8-13(14(12)15(17)19)18-10-9-11-5-2-1-3-6-11/h1-8,18H,9-10H2,(H2,17,19). The average Bonchev–Trinajstić information content (AvgIpc) is 2.39. The second-order valence-corrected chi connectivity index (χ2v) is 4.63. The molecule has 0 radical (unpaired) electrons. The number of benzene rings is 2. The number of hydrogen-bond donors (Lipinski definition) is 2. The molecule has 0 amide bonds. The van der Waals surface area contributed by atoms with Gasteiger partial charge >= 0.3 is 0 Å². The normalized spacial score (nSPS) is 10.2. The van der Waals surface area contributed by atoms with Gasteiger partial charge in [-0.05, 0) is 24.1 Å². The summed E-state index contributed by atoms with van der Waals surface area (Å²) in [6, 6.07) is 14.9. The van der Waals surface area contributed by atoms with Crippen LogP contribution in [0.25, 0.3) is 0 Å². The van der Waals surface area contributed by atoms with E-state index in [4.69, 9.17) is 18.0 Å². The van der Waals surface area contributed by atoms with Crippen LogP contribution in [0.15, 0.2) is 48.5 Å². The number of rotatable bonds is 5. The van der Waals surface area contributed by atoms with Crippen molar-refractivity contribution in [2.45, 2.75) is 6.42 Å². The Labute approximate surface area is 117 Å². The minimum Gasteiger partial charge on any atom is -0.389 e. The van der Waals surface area contributed by atoms with Crippen molar-refractivity contribution in [1.82, 2.24) is 0 Å². The fourth-order valence-electron chi connectivity index (χ4n) is 1.91. The van der Waals surface area contributed by atoms with Gasteiger partial charge in [-0.3, -0.25) is 0 Å². The molecule has 0 fully saturated rings. The summed E-state index contributed by atoms with van der Waals surface area (Å²) in [4.78, 5) is 0.0697. The van der Waals surface area contributed by atoms with Gasteiger partial charge in [-0.1, -0.05) is 48.6 Å². The molecule has 0 aliphatic carbocycles. The van der Waals surface area contributed by atoms with Crippen molar-refractivity contribution in [1.29, 1.82) is 0 Å². The van der Waals surface area contributed by atoms with Gasteiger partial charge in [0.2, 0.25) is 0 Å². The predicted molar refractivity (Wildman–Crippen MR) is 80.9 cm³/mol. The second-order valence-electron chi connectivity index (χ2n) is 4.19. The van der Waals surface area contributed by atoms with Gasteiger partial charge in [-0.2, -0.15) is 0 Å². The molecule has 0 bridgehead atoms. The molecule has 0 aliphatic rings. The first-order chi connectivity index (χ1) is 9.18. The number of hydrogen-bond acceptors (Lipinski definition) is 2. The highest BCUT2D eigenvalue weighted by Crippen LogP contribution is 2.18. The first-order valence-corrected chi connectivity index (χ1v) is 6.45. The van der Waals surface area contributed by atoms with Crippen LogP contribution < -0.4 is 11.1 Å². The largest absolute Gasteiger partial charge is 0.389 e. The van der Waals surface area contributed by atoms with Crippen LogP contribution in [-0.4, -0.2) is 11.5 Å². The molecule has 19 heavy (non-hydrogen) atoms. The number of thiocarbonyl (C=S) groups is 1. The summed E-state index contributed by atoms with van der Waals surface area (Å²) in [6.07, 6.45) is 0.855. The smallest absolute Gasteiger partial charge is 0.135 e. The Kier molecular flexibility index (Phi) is 4.47. The molecular formula is C15H15FN2S. The molecule has 0 unspecified atom stereocenters. The lowest BCUT2D eigenvalue weighted by Gasteiger charge is -2.11. The molecule has 2 aromatic carbocycles. The SMILES string of the molecule is NC(=S)c1c(F)cccc1NCCc1ccccc1. The molecule has 98 valence electrons. The molecular weight excluding hydrogens is 259 g/mol. The summed E-state index contributed by atoms with van der Waals surface area (Å²) >= 11 is 4.88. The summed E-state index contributed by atoms with van der Waals surface area (Å²) in [7, 11) is 0. The quantitative estimate of drug-likeness (QED) is 0.823. The van der Waals surface area contributed by atoms with Crippen molar-refractivity contribution >= 4 is 22.9 Å². The van der Waals surface area contributed by atoms with Crippen molar-refractivity contribution in [3.63, 3.8) is 0 Å². The molecule has 0 aliphatic heterocycles. The van der Waals surface area contributed by atoms with Crippen molar-refractivity contribution in [3.8, 4) is 0 Å². The third-order valence-corrected chi connectivity index (χ3v) is 3.04. The molecule has 0 saturated heterocycles. The van der Waals surface area contributed by atoms with E-state index in [0.717, 1.165) is 6.42 Å². The van der Waals surface area contributed by atoms with Gasteiger partial charge in [-0.25, -0.2) is 4.39 Å². The van der Waals surface area contributed by atoms with Crippen LogP contribution in [0.4, 0.5) is 10.1 Å². The van der Waals surface area contributed by atoms with Crippen LogP contribution in [0.1, 0.15) is 11.1 Å². The summed E-state index contributed by atoms with van der Waals surface area (Å²) in [5, 5.41) is 3.18. The van der Waals surface area contributed by atoms with Crippen molar-refractivity contribution in [2.75, 3.05) is 11.9 Å². The Hall–Kier alpha value is -1.94. The lowest BCUT2D eigenvalue weighted by atomic mass is 10.1. The monoisotopic (exact) mass is 274 g/mol. The molecule has 0 aromatic heterocycles. The zero-order valence-electron chi connectivity index (χ0n) is 10.4. The van der Waals surface area contributed by atoms with Crippen molar-refractivity contribution in [3.05, 3.63) is 65.5 Å². The van der Waals surface area contributed by atoms with E-state index in [2.05, 4.69) is 17.4 Å². The van der Waals surface area contributed by atoms with Gasteiger partial charge in [0.15, 0.2) is 0 Å². The highest BCUT2D eigenvalue weighted by Gasteiger charge is 2.10. The Morgan fingerprint density at radius 3 is 2.53 bits per heavy atom. The molecule has 2 nitrogen and oxygen atoms in total. The van der Waals surface area contributed by atoms with Gasteiger partial charge in [-0.15, -0.1) is 0 Å². The molecule has 0 atom stereocenters. The topological polar surface area (TPSA) is 38.0 Å². The molecule has 0 heterocycles. The van der Waals surface area contributed by atoms with E-state index in [-0.39, 0.29) is 10.6 Å². The van der Waals surface area contributed by atoms with E-state index in [0.29, 0.717) is 12.2 Å². The Morgan fingerprint density at radius 2 is 1.84 bits per heavy atom. The fourth-order valence-corrected chi connectivity index (χ4v) is 2.12. The van der Waals surface area contributed by atoms with Gasteiger partial charge in [0.05, 0.1) is 5.56 Å². The van der Waals surface area contributed by atoms with Crippen molar-refractivity contribution in [2.24, 2.45) is 5.73 Å². The van der Waals surface area contributed by atoms with E-state index in [1.807, 2.05) is 18.2 Å². The van der Waals surface area contributed by atoms with Crippen LogP contribution in [0.3, 0.4) is 0 Å². The van der Waals surface area contributed by atoms with Crippen LogP contribution in [0.5, 0.6) is 0 Å². The minimum absolute atomic E-state index is 0.0697. The fraction of sp³-hybridized carbons (Fsp3) is 0.133. The molecule has 0 spiro atoms. The lowest BCUT2D eigenvalue weighted by molar-refractivity contribution is 0.626. The predicted octanol–water partition coefficient (Wildman–Crippen LogP) is 3.11. The third kappa shape index (κ3) is 3.51. The summed E-state index contributed by atoms with van der Waals surface area (Å²) < 4.78 is 13.6. The van der Waals surface area contributed by atoms with E-state index in [9.17, 15) is 4.39 Å². The Morgan fingerprint density at radius 1 is 1.11 bits per heavy atom. The van der Waals surface area contributed by atoms with Gasteiger partial charge in [0, 0.05) is 12.2 Å². The molecule has 3 N–H and O–H groups in total. The number of nitrogens with two attached hydrogens (primary N) is 1. The Balaban J connectivity index is 2.04. The van der Waals surface area contributed by atoms with E-state index in [1.165, 1.54) is 11.6 Å². The zero-order valence-corrected chi connectivity index (χ0v) is 11.2. The zero-order chi connectivity index (χ0) is 13.7. The van der Waals surface area contributed by atoms with E-state index in [1.54, 1.807) is 12.1 Å². The molecule has 4 heteroatoms. The average molecular weight is 274 g/mol. The summed E-state index contributed by atoms with van der Waals surface area (Å²) in [5.41, 5.74) is 7.70. The highest BCUT2D eigenvalue weighted by molar-refractivity contribution is 7.80. The third-order valence-electron chi connectivity index (χ3n) is 2.83. The first-order valence-electron chi connectivity index (χ1n) is 6.04. The molecule has 2 rings (SSSR count). The van der Waals surface area contributed by atoms with Crippen LogP contribution in [-0.2, 0) is 6.42 Å².